The second kappa shape index (κ2) is 10.7. The largest absolute Gasteiger partial charge is 0.376 e. The predicted octanol–water partition coefficient (Wildman–Crippen LogP) is 3.36. The van der Waals surface area contributed by atoms with E-state index in [0.29, 0.717) is 24.4 Å². The van der Waals surface area contributed by atoms with Crippen molar-refractivity contribution >= 4 is 5.91 Å². The summed E-state index contributed by atoms with van der Waals surface area (Å²) >= 11 is 0. The van der Waals surface area contributed by atoms with Gasteiger partial charge in [-0.25, -0.2) is 0 Å². The van der Waals surface area contributed by atoms with Crippen LogP contribution in [0.5, 0.6) is 0 Å². The number of nitrogens with zero attached hydrogens (tertiary/aromatic N) is 3. The van der Waals surface area contributed by atoms with Crippen LogP contribution in [0.3, 0.4) is 0 Å². The topological polar surface area (TPSA) is 36.0 Å². The number of piperidine rings is 2. The molecule has 1 aliphatic carbocycles. The Hall–Kier alpha value is -1.43. The van der Waals surface area contributed by atoms with E-state index in [0.717, 1.165) is 45.6 Å². The Morgan fingerprint density at radius 1 is 0.906 bits per heavy atom. The average molecular weight is 440 g/mol. The minimum absolute atomic E-state index is 0.248. The molecule has 0 saturated carbocycles. The third-order valence-electron chi connectivity index (χ3n) is 8.28. The highest BCUT2D eigenvalue weighted by molar-refractivity contribution is 5.78. The number of likely N-dealkylation sites (tertiary alicyclic amines) is 2. The summed E-state index contributed by atoms with van der Waals surface area (Å²) < 4.78 is 5.91. The first-order valence-electron chi connectivity index (χ1n) is 13.2. The number of carbonyl (C=O) groups excluding carboxylic acids is 1. The van der Waals surface area contributed by atoms with Gasteiger partial charge in [-0.15, -0.1) is 0 Å². The van der Waals surface area contributed by atoms with Crippen LogP contribution in [0, 0.1) is 5.92 Å². The maximum atomic E-state index is 13.3. The van der Waals surface area contributed by atoms with Crippen molar-refractivity contribution in [2.75, 3.05) is 52.4 Å². The van der Waals surface area contributed by atoms with Gasteiger partial charge in [-0.3, -0.25) is 14.6 Å². The molecule has 1 amide bonds. The lowest BCUT2D eigenvalue weighted by atomic mass is 9.94. The van der Waals surface area contributed by atoms with Gasteiger partial charge in [0.2, 0.25) is 5.91 Å². The maximum Gasteiger partial charge on any atom is 0.236 e. The molecule has 5 rings (SSSR count). The standard InChI is InChI=1S/C27H41N3O2/c31-27(21-28-12-4-1-5-13-28)30(20-26-9-6-16-32-26)19-22-10-14-29(15-11-22)25-17-23-7-2-3-8-24(23)18-25/h2-3,7-8,22,25-26H,1,4-6,9-21H2/t26-/m0/s1. The molecule has 0 aromatic heterocycles. The summed E-state index contributed by atoms with van der Waals surface area (Å²) in [5.74, 6) is 0.956. The molecule has 3 saturated heterocycles. The molecular formula is C27H41N3O2. The van der Waals surface area contributed by atoms with Crippen LogP contribution in [0.1, 0.15) is 56.1 Å². The van der Waals surface area contributed by atoms with E-state index < -0.39 is 0 Å². The molecule has 32 heavy (non-hydrogen) atoms. The van der Waals surface area contributed by atoms with Gasteiger partial charge < -0.3 is 9.64 Å². The van der Waals surface area contributed by atoms with Crippen molar-refractivity contribution in [3.8, 4) is 0 Å². The Kier molecular flexibility index (Phi) is 7.46. The fourth-order valence-electron chi connectivity index (χ4n) is 6.33. The molecule has 1 atom stereocenters. The number of benzene rings is 1. The summed E-state index contributed by atoms with van der Waals surface area (Å²) in [5.41, 5.74) is 3.09. The average Bonchev–Trinajstić information content (AvgIpc) is 3.49. The summed E-state index contributed by atoms with van der Waals surface area (Å²) in [6.07, 6.45) is 11.1. The van der Waals surface area contributed by atoms with E-state index in [4.69, 9.17) is 4.74 Å². The molecule has 1 aromatic rings. The van der Waals surface area contributed by atoms with Gasteiger partial charge in [0.25, 0.3) is 0 Å². The number of rotatable bonds is 7. The monoisotopic (exact) mass is 439 g/mol. The Bertz CT molecular complexity index is 724. The van der Waals surface area contributed by atoms with Crippen molar-refractivity contribution in [1.29, 1.82) is 0 Å². The van der Waals surface area contributed by atoms with Crippen LogP contribution in [-0.4, -0.2) is 85.2 Å². The molecule has 176 valence electrons. The van der Waals surface area contributed by atoms with E-state index in [9.17, 15) is 4.79 Å². The first-order valence-corrected chi connectivity index (χ1v) is 13.2. The minimum Gasteiger partial charge on any atom is -0.376 e. The van der Waals surface area contributed by atoms with Crippen LogP contribution in [0.4, 0.5) is 0 Å². The second-order valence-corrected chi connectivity index (χ2v) is 10.6. The lowest BCUT2D eigenvalue weighted by Crippen LogP contribution is -2.48. The number of fused-ring (bicyclic) bond motifs is 1. The SMILES string of the molecule is O=C(CN1CCCCC1)N(CC1CCN(C2Cc3ccccc3C2)CC1)C[C@@H]1CCCO1. The van der Waals surface area contributed by atoms with Gasteiger partial charge in [0.15, 0.2) is 0 Å². The lowest BCUT2D eigenvalue weighted by Gasteiger charge is -2.38. The fourth-order valence-corrected chi connectivity index (χ4v) is 6.33. The highest BCUT2D eigenvalue weighted by Crippen LogP contribution is 2.29. The van der Waals surface area contributed by atoms with Gasteiger partial charge in [-0.05, 0) is 94.6 Å². The van der Waals surface area contributed by atoms with Crippen LogP contribution < -0.4 is 0 Å². The quantitative estimate of drug-likeness (QED) is 0.653. The molecule has 0 unspecified atom stereocenters. The molecule has 3 heterocycles. The van der Waals surface area contributed by atoms with Gasteiger partial charge in [0.05, 0.1) is 12.6 Å². The number of hydrogen-bond acceptors (Lipinski definition) is 4. The molecule has 0 spiro atoms. The molecule has 0 radical (unpaired) electrons. The fraction of sp³-hybridized carbons (Fsp3) is 0.741. The highest BCUT2D eigenvalue weighted by atomic mass is 16.5. The zero-order chi connectivity index (χ0) is 21.8. The summed E-state index contributed by atoms with van der Waals surface area (Å²) in [6.45, 7) is 7.71. The lowest BCUT2D eigenvalue weighted by molar-refractivity contribution is -0.135. The van der Waals surface area contributed by atoms with Crippen LogP contribution in [0.25, 0.3) is 0 Å². The van der Waals surface area contributed by atoms with Crippen molar-refractivity contribution < 1.29 is 9.53 Å². The van der Waals surface area contributed by atoms with Crippen LogP contribution in [0.2, 0.25) is 0 Å². The van der Waals surface area contributed by atoms with E-state index in [-0.39, 0.29) is 6.10 Å². The van der Waals surface area contributed by atoms with E-state index in [1.54, 1.807) is 11.1 Å². The van der Waals surface area contributed by atoms with Crippen LogP contribution >= 0.6 is 0 Å². The van der Waals surface area contributed by atoms with E-state index in [1.165, 1.54) is 58.0 Å². The normalized spacial score (nSPS) is 25.8. The predicted molar refractivity (Wildman–Crippen MR) is 128 cm³/mol. The van der Waals surface area contributed by atoms with Crippen molar-refractivity contribution in [2.24, 2.45) is 5.92 Å². The number of amides is 1. The molecule has 4 aliphatic rings. The van der Waals surface area contributed by atoms with Gasteiger partial charge in [-0.2, -0.15) is 0 Å². The van der Waals surface area contributed by atoms with Crippen LogP contribution in [-0.2, 0) is 22.4 Å². The van der Waals surface area contributed by atoms with E-state index in [2.05, 4.69) is 39.0 Å². The highest BCUT2D eigenvalue weighted by Gasteiger charge is 2.32. The molecule has 0 bridgehead atoms. The summed E-state index contributed by atoms with van der Waals surface area (Å²) in [6, 6.07) is 9.64. The van der Waals surface area contributed by atoms with Crippen LogP contribution in [0.15, 0.2) is 24.3 Å². The molecule has 1 aromatic carbocycles. The third kappa shape index (κ3) is 5.55. The van der Waals surface area contributed by atoms with Gasteiger partial charge in [0.1, 0.15) is 0 Å². The third-order valence-corrected chi connectivity index (χ3v) is 8.28. The van der Waals surface area contributed by atoms with E-state index >= 15 is 0 Å². The second-order valence-electron chi connectivity index (χ2n) is 10.6. The first kappa shape index (κ1) is 22.4. The maximum absolute atomic E-state index is 13.3. The number of hydrogen-bond donors (Lipinski definition) is 0. The Labute approximate surface area is 194 Å². The molecule has 3 fully saturated rings. The zero-order valence-corrected chi connectivity index (χ0v) is 19.7. The molecule has 0 N–H and O–H groups in total. The van der Waals surface area contributed by atoms with Gasteiger partial charge in [-0.1, -0.05) is 30.7 Å². The zero-order valence-electron chi connectivity index (χ0n) is 19.7. The smallest absolute Gasteiger partial charge is 0.236 e. The summed E-state index contributed by atoms with van der Waals surface area (Å²) in [4.78, 5) is 20.6. The Balaban J connectivity index is 1.13. The molecule has 5 heteroatoms. The van der Waals surface area contributed by atoms with Crippen molar-refractivity contribution in [3.05, 3.63) is 35.4 Å². The molecule has 5 nitrogen and oxygen atoms in total. The minimum atomic E-state index is 0.248. The Morgan fingerprint density at radius 3 is 2.28 bits per heavy atom. The number of ether oxygens (including phenoxy) is 1. The van der Waals surface area contributed by atoms with Crippen molar-refractivity contribution in [3.63, 3.8) is 0 Å². The van der Waals surface area contributed by atoms with Crippen molar-refractivity contribution in [2.45, 2.75) is 69.9 Å². The first-order chi connectivity index (χ1) is 15.7. The molecular weight excluding hydrogens is 398 g/mol. The number of carbonyl (C=O) groups is 1. The van der Waals surface area contributed by atoms with Crippen molar-refractivity contribution in [1.82, 2.24) is 14.7 Å². The summed E-state index contributed by atoms with van der Waals surface area (Å²) in [5, 5.41) is 0. The van der Waals surface area contributed by atoms with Gasteiger partial charge in [0, 0.05) is 25.7 Å². The van der Waals surface area contributed by atoms with E-state index in [1.807, 2.05) is 0 Å². The van der Waals surface area contributed by atoms with Gasteiger partial charge >= 0.3 is 0 Å². The summed E-state index contributed by atoms with van der Waals surface area (Å²) in [7, 11) is 0. The Morgan fingerprint density at radius 2 is 1.62 bits per heavy atom. The molecule has 3 aliphatic heterocycles.